The van der Waals surface area contributed by atoms with E-state index in [1.54, 1.807) is 32.0 Å². The Morgan fingerprint density at radius 3 is 2.70 bits per heavy atom. The third-order valence-electron chi connectivity index (χ3n) is 6.02. The summed E-state index contributed by atoms with van der Waals surface area (Å²) in [6, 6.07) is 9.59. The molecule has 0 spiro atoms. The fourth-order valence-corrected chi connectivity index (χ4v) is 4.63. The van der Waals surface area contributed by atoms with Gasteiger partial charge in [-0.05, 0) is 44.9 Å². The van der Waals surface area contributed by atoms with Crippen LogP contribution in [0.2, 0.25) is 5.02 Å². The molecular weight excluding hydrogens is 500 g/mol. The fraction of sp³-hybridized carbons (Fsp3) is 0.385. The second-order valence-electron chi connectivity index (χ2n) is 9.11. The predicted octanol–water partition coefficient (Wildman–Crippen LogP) is 5.22. The van der Waals surface area contributed by atoms with E-state index in [1.165, 1.54) is 17.0 Å². The minimum atomic E-state index is -0.684. The Hall–Kier alpha value is -3.79. The lowest BCUT2D eigenvalue weighted by Gasteiger charge is -2.22. The molecule has 3 aromatic rings. The van der Waals surface area contributed by atoms with E-state index in [2.05, 4.69) is 5.10 Å². The standard InChI is InChI=1S/C26H27ClN4O6/c1-16(2)37-23(32)15-36-24-18(12-19(27)13-22(24)31(34)35)14-28-30-25(17-8-4-3-5-9-17)29-21-11-7-6-10-20(21)26(30)33/h6-7,10-14,16-17H,3-5,8-9,15H2,1-2H3. The second kappa shape index (κ2) is 11.5. The smallest absolute Gasteiger partial charge is 0.344 e. The summed E-state index contributed by atoms with van der Waals surface area (Å²) >= 11 is 6.15. The van der Waals surface area contributed by atoms with Gasteiger partial charge in [-0.1, -0.05) is 43.0 Å². The van der Waals surface area contributed by atoms with Gasteiger partial charge in [-0.15, -0.1) is 0 Å². The molecule has 10 nitrogen and oxygen atoms in total. The predicted molar refractivity (Wildman–Crippen MR) is 140 cm³/mol. The van der Waals surface area contributed by atoms with Gasteiger partial charge in [0, 0.05) is 22.6 Å². The Kier molecular flexibility index (Phi) is 8.17. The molecule has 0 radical (unpaired) electrons. The van der Waals surface area contributed by atoms with Gasteiger partial charge < -0.3 is 9.47 Å². The van der Waals surface area contributed by atoms with Crippen LogP contribution in [0.3, 0.4) is 0 Å². The summed E-state index contributed by atoms with van der Waals surface area (Å²) in [5.41, 5.74) is -0.0680. The van der Waals surface area contributed by atoms with Crippen molar-refractivity contribution in [1.29, 1.82) is 0 Å². The number of halogens is 1. The van der Waals surface area contributed by atoms with Crippen molar-refractivity contribution in [3.05, 3.63) is 73.3 Å². The molecule has 37 heavy (non-hydrogen) atoms. The topological polar surface area (TPSA) is 126 Å². The number of nitro groups is 1. The van der Waals surface area contributed by atoms with Gasteiger partial charge in [0.2, 0.25) is 5.75 Å². The Morgan fingerprint density at radius 1 is 1.27 bits per heavy atom. The number of hydrogen-bond donors (Lipinski definition) is 0. The molecule has 1 aromatic heterocycles. The molecule has 1 saturated carbocycles. The zero-order valence-electron chi connectivity index (χ0n) is 20.6. The highest BCUT2D eigenvalue weighted by Gasteiger charge is 2.24. The SMILES string of the molecule is CC(C)OC(=O)COc1c(C=Nn2c(C3CCCCC3)nc3ccccc3c2=O)cc(Cl)cc1[N+](=O)[O-]. The quantitative estimate of drug-likeness (QED) is 0.170. The van der Waals surface area contributed by atoms with E-state index < -0.39 is 23.2 Å². The summed E-state index contributed by atoms with van der Waals surface area (Å²) in [6.45, 7) is 2.81. The first-order valence-electron chi connectivity index (χ1n) is 12.1. The maximum atomic E-state index is 13.4. The van der Waals surface area contributed by atoms with Crippen LogP contribution in [0.4, 0.5) is 5.69 Å². The van der Waals surface area contributed by atoms with Crippen molar-refractivity contribution in [3.8, 4) is 5.75 Å². The minimum absolute atomic E-state index is 0.0541. The van der Waals surface area contributed by atoms with Crippen LogP contribution in [-0.2, 0) is 9.53 Å². The number of aromatic nitrogens is 2. The van der Waals surface area contributed by atoms with Crippen LogP contribution in [0.25, 0.3) is 10.9 Å². The molecule has 0 saturated heterocycles. The number of rotatable bonds is 8. The number of hydrogen-bond acceptors (Lipinski definition) is 8. The van der Waals surface area contributed by atoms with Crippen LogP contribution in [-0.4, -0.2) is 39.5 Å². The van der Waals surface area contributed by atoms with Gasteiger partial charge in [0.15, 0.2) is 6.61 Å². The zero-order valence-corrected chi connectivity index (χ0v) is 21.3. The molecule has 0 aliphatic heterocycles. The van der Waals surface area contributed by atoms with Gasteiger partial charge in [0.05, 0.1) is 28.1 Å². The molecule has 0 N–H and O–H groups in total. The van der Waals surface area contributed by atoms with Crippen LogP contribution < -0.4 is 10.3 Å². The molecule has 2 aromatic carbocycles. The number of nitro benzene ring substituents is 1. The highest BCUT2D eigenvalue weighted by Crippen LogP contribution is 2.34. The Balaban J connectivity index is 1.80. The summed E-state index contributed by atoms with van der Waals surface area (Å²) in [6.07, 6.45) is 5.85. The number of carbonyl (C=O) groups is 1. The van der Waals surface area contributed by atoms with Crippen molar-refractivity contribution in [2.45, 2.75) is 58.0 Å². The van der Waals surface area contributed by atoms with Crippen molar-refractivity contribution in [1.82, 2.24) is 9.66 Å². The van der Waals surface area contributed by atoms with Crippen LogP contribution in [0.15, 0.2) is 46.3 Å². The maximum Gasteiger partial charge on any atom is 0.344 e. The average molecular weight is 527 g/mol. The van der Waals surface area contributed by atoms with Crippen LogP contribution >= 0.6 is 11.6 Å². The Morgan fingerprint density at radius 2 is 2.00 bits per heavy atom. The lowest BCUT2D eigenvalue weighted by molar-refractivity contribution is -0.385. The fourth-order valence-electron chi connectivity index (χ4n) is 4.41. The van der Waals surface area contributed by atoms with E-state index in [9.17, 15) is 19.7 Å². The van der Waals surface area contributed by atoms with Gasteiger partial charge in [-0.2, -0.15) is 9.78 Å². The normalized spacial score (nSPS) is 14.4. The van der Waals surface area contributed by atoms with Crippen molar-refractivity contribution in [2.75, 3.05) is 6.61 Å². The van der Waals surface area contributed by atoms with Crippen LogP contribution in [0.5, 0.6) is 5.75 Å². The third kappa shape index (κ3) is 6.14. The molecule has 0 unspecified atom stereocenters. The van der Waals surface area contributed by atoms with E-state index in [1.807, 2.05) is 6.07 Å². The molecule has 1 heterocycles. The highest BCUT2D eigenvalue weighted by molar-refractivity contribution is 6.31. The van der Waals surface area contributed by atoms with E-state index in [0.717, 1.165) is 38.2 Å². The molecule has 0 atom stereocenters. The minimum Gasteiger partial charge on any atom is -0.474 e. The summed E-state index contributed by atoms with van der Waals surface area (Å²) in [5, 5.41) is 16.6. The summed E-state index contributed by atoms with van der Waals surface area (Å²) in [7, 11) is 0. The van der Waals surface area contributed by atoms with Gasteiger partial charge in [0.25, 0.3) is 5.56 Å². The van der Waals surface area contributed by atoms with E-state index in [0.29, 0.717) is 16.7 Å². The molecule has 1 aliphatic rings. The Labute approximate surface area is 218 Å². The van der Waals surface area contributed by atoms with Crippen LogP contribution in [0.1, 0.15) is 63.3 Å². The first-order valence-corrected chi connectivity index (χ1v) is 12.5. The number of benzene rings is 2. The number of esters is 1. The van der Waals surface area contributed by atoms with E-state index >= 15 is 0 Å². The zero-order chi connectivity index (χ0) is 26.5. The monoisotopic (exact) mass is 526 g/mol. The highest BCUT2D eigenvalue weighted by atomic mass is 35.5. The van der Waals surface area contributed by atoms with Gasteiger partial charge >= 0.3 is 11.7 Å². The number of nitrogens with zero attached hydrogens (tertiary/aromatic N) is 4. The lowest BCUT2D eigenvalue weighted by Crippen LogP contribution is -2.25. The number of carbonyl (C=O) groups excluding carboxylic acids is 1. The first kappa shape index (κ1) is 26.3. The van der Waals surface area contributed by atoms with Crippen molar-refractivity contribution < 1.29 is 19.2 Å². The third-order valence-corrected chi connectivity index (χ3v) is 6.24. The van der Waals surface area contributed by atoms with Crippen molar-refractivity contribution in [2.24, 2.45) is 5.10 Å². The molecule has 194 valence electrons. The molecular formula is C26H27ClN4O6. The molecule has 4 rings (SSSR count). The van der Waals surface area contributed by atoms with Crippen molar-refractivity contribution in [3.63, 3.8) is 0 Å². The average Bonchev–Trinajstić information content (AvgIpc) is 2.87. The summed E-state index contributed by atoms with van der Waals surface area (Å²) < 4.78 is 11.8. The molecule has 0 amide bonds. The van der Waals surface area contributed by atoms with Gasteiger partial charge in [-0.3, -0.25) is 14.9 Å². The molecule has 0 bridgehead atoms. The largest absolute Gasteiger partial charge is 0.474 e. The number of ether oxygens (including phenoxy) is 2. The molecule has 1 aliphatic carbocycles. The van der Waals surface area contributed by atoms with E-state index in [4.69, 9.17) is 26.1 Å². The number of fused-ring (bicyclic) bond motifs is 1. The van der Waals surface area contributed by atoms with Crippen LogP contribution in [0, 0.1) is 10.1 Å². The van der Waals surface area contributed by atoms with Gasteiger partial charge in [-0.25, -0.2) is 9.78 Å². The summed E-state index contributed by atoms with van der Waals surface area (Å²) in [5.74, 6) is -0.297. The molecule has 1 fully saturated rings. The number of para-hydroxylation sites is 1. The molecule has 11 heteroatoms. The van der Waals surface area contributed by atoms with Crippen molar-refractivity contribution >= 4 is 40.4 Å². The van der Waals surface area contributed by atoms with E-state index in [-0.39, 0.29) is 33.9 Å². The summed E-state index contributed by atoms with van der Waals surface area (Å²) in [4.78, 5) is 41.3. The lowest BCUT2D eigenvalue weighted by atomic mass is 9.88. The second-order valence-corrected chi connectivity index (χ2v) is 9.55. The Bertz CT molecular complexity index is 1410. The first-order chi connectivity index (χ1) is 17.7. The maximum absolute atomic E-state index is 13.4. The van der Waals surface area contributed by atoms with Gasteiger partial charge in [0.1, 0.15) is 5.82 Å².